The molecule has 1 aliphatic heterocycles. The van der Waals surface area contributed by atoms with Gasteiger partial charge in [0.25, 0.3) is 5.91 Å². The minimum atomic E-state index is -0.290. The predicted molar refractivity (Wildman–Crippen MR) is 91.8 cm³/mol. The van der Waals surface area contributed by atoms with Crippen LogP contribution in [-0.2, 0) is 4.74 Å². The molecule has 0 atom stereocenters. The number of hydrogen-bond acceptors (Lipinski definition) is 7. The molecule has 2 aromatic rings. The van der Waals surface area contributed by atoms with Gasteiger partial charge in [-0.05, 0) is 19.8 Å². The maximum absolute atomic E-state index is 12.4. The Morgan fingerprint density at radius 1 is 1.32 bits per heavy atom. The van der Waals surface area contributed by atoms with Crippen molar-refractivity contribution in [1.82, 2.24) is 30.0 Å². The highest BCUT2D eigenvalue weighted by molar-refractivity contribution is 7.18. The number of ether oxygens (including phenoxy) is 1. The predicted octanol–water partition coefficient (Wildman–Crippen LogP) is 1.66. The van der Waals surface area contributed by atoms with Gasteiger partial charge in [0.1, 0.15) is 0 Å². The average molecular weight is 366 g/mol. The van der Waals surface area contributed by atoms with Gasteiger partial charge in [0.05, 0.1) is 6.61 Å². The lowest BCUT2D eigenvalue weighted by molar-refractivity contribution is 0.0859. The quantitative estimate of drug-likeness (QED) is 0.883. The van der Waals surface area contributed by atoms with Crippen LogP contribution < -0.4 is 5.32 Å². The number of nitrogens with one attached hydrogen (secondary N) is 1. The van der Waals surface area contributed by atoms with Crippen LogP contribution in [0.2, 0.25) is 0 Å². The van der Waals surface area contributed by atoms with Gasteiger partial charge in [0.15, 0.2) is 5.82 Å². The summed E-state index contributed by atoms with van der Waals surface area (Å²) < 4.78 is 6.63. The number of rotatable bonds is 4. The molecule has 1 aliphatic rings. The molecule has 0 spiro atoms. The number of nitrogens with zero attached hydrogens (tertiary/aromatic N) is 5. The number of hydrogen-bond donors (Lipinski definition) is 1. The lowest BCUT2D eigenvalue weighted by atomic mass is 10.1. The molecule has 0 aliphatic carbocycles. The van der Waals surface area contributed by atoms with Crippen LogP contribution in [0.5, 0.6) is 0 Å². The molecule has 136 valence electrons. The van der Waals surface area contributed by atoms with Crippen molar-refractivity contribution in [2.45, 2.75) is 45.6 Å². The van der Waals surface area contributed by atoms with Crippen LogP contribution >= 0.6 is 11.3 Å². The monoisotopic (exact) mass is 366 g/mol. The van der Waals surface area contributed by atoms with Crippen molar-refractivity contribution in [1.29, 1.82) is 0 Å². The second-order valence-corrected chi connectivity index (χ2v) is 7.20. The Morgan fingerprint density at radius 2 is 2.04 bits per heavy atom. The lowest BCUT2D eigenvalue weighted by Crippen LogP contribution is -2.46. The highest BCUT2D eigenvalue weighted by Crippen LogP contribution is 2.19. The number of carbonyl (C=O) groups excluding carboxylic acids is 2. The molecule has 1 saturated heterocycles. The molecule has 0 saturated carbocycles. The van der Waals surface area contributed by atoms with E-state index in [1.165, 1.54) is 11.3 Å². The summed E-state index contributed by atoms with van der Waals surface area (Å²) >= 11 is 1.23. The molecule has 2 amide bonds. The Kier molecular flexibility index (Phi) is 5.16. The van der Waals surface area contributed by atoms with Gasteiger partial charge in [-0.3, -0.25) is 4.79 Å². The second-order valence-electron chi connectivity index (χ2n) is 6.25. The molecule has 0 unspecified atom stereocenters. The topological polar surface area (TPSA) is 102 Å². The highest BCUT2D eigenvalue weighted by Gasteiger charge is 2.26. The van der Waals surface area contributed by atoms with Gasteiger partial charge >= 0.3 is 6.09 Å². The molecule has 3 rings (SSSR count). The van der Waals surface area contributed by atoms with Crippen LogP contribution in [0.1, 0.15) is 55.2 Å². The first-order valence-corrected chi connectivity index (χ1v) is 9.26. The molecule has 3 heterocycles. The van der Waals surface area contributed by atoms with E-state index in [0.717, 1.165) is 5.82 Å². The molecule has 0 radical (unpaired) electrons. The maximum atomic E-state index is 12.4. The van der Waals surface area contributed by atoms with Gasteiger partial charge < -0.3 is 15.0 Å². The van der Waals surface area contributed by atoms with E-state index in [-0.39, 0.29) is 24.0 Å². The number of fused-ring (bicyclic) bond motifs is 1. The van der Waals surface area contributed by atoms with Crippen LogP contribution in [0.4, 0.5) is 4.79 Å². The summed E-state index contributed by atoms with van der Waals surface area (Å²) in [5.74, 6) is 0.716. The molecular weight excluding hydrogens is 344 g/mol. The van der Waals surface area contributed by atoms with Gasteiger partial charge in [-0.2, -0.15) is 4.52 Å². The summed E-state index contributed by atoms with van der Waals surface area (Å²) in [6.07, 6.45) is 1.11. The number of carbonyl (C=O) groups is 2. The van der Waals surface area contributed by atoms with Crippen LogP contribution in [0.25, 0.3) is 4.96 Å². The fourth-order valence-electron chi connectivity index (χ4n) is 2.75. The Labute approximate surface area is 149 Å². The first-order chi connectivity index (χ1) is 12.0. The van der Waals surface area contributed by atoms with Crippen LogP contribution in [0, 0.1) is 0 Å². The molecule has 0 aromatic carbocycles. The third kappa shape index (κ3) is 3.73. The highest BCUT2D eigenvalue weighted by atomic mass is 32.1. The molecule has 10 heteroatoms. The molecule has 1 fully saturated rings. The van der Waals surface area contributed by atoms with Gasteiger partial charge in [-0.15, -0.1) is 15.3 Å². The Bertz CT molecular complexity index is 762. The van der Waals surface area contributed by atoms with E-state index in [1.54, 1.807) is 16.3 Å². The molecular formula is C15H22N6O3S. The summed E-state index contributed by atoms with van der Waals surface area (Å²) in [6, 6.07) is 0.0251. The van der Waals surface area contributed by atoms with Crippen LogP contribution in [0.3, 0.4) is 0 Å². The van der Waals surface area contributed by atoms with E-state index < -0.39 is 0 Å². The van der Waals surface area contributed by atoms with Crippen LogP contribution in [-0.4, -0.2) is 62.5 Å². The summed E-state index contributed by atoms with van der Waals surface area (Å²) in [7, 11) is 0. The van der Waals surface area contributed by atoms with E-state index in [1.807, 2.05) is 13.8 Å². The van der Waals surface area contributed by atoms with Gasteiger partial charge in [-0.25, -0.2) is 4.79 Å². The van der Waals surface area contributed by atoms with Gasteiger partial charge in [-0.1, -0.05) is 25.2 Å². The van der Waals surface area contributed by atoms with Crippen molar-refractivity contribution in [2.75, 3.05) is 19.7 Å². The summed E-state index contributed by atoms with van der Waals surface area (Å²) in [4.78, 5) is 26.4. The summed E-state index contributed by atoms with van der Waals surface area (Å²) in [5.41, 5.74) is 0. The van der Waals surface area contributed by atoms with Crippen LogP contribution in [0.15, 0.2) is 0 Å². The zero-order valence-electron chi connectivity index (χ0n) is 14.6. The zero-order valence-corrected chi connectivity index (χ0v) is 15.4. The maximum Gasteiger partial charge on any atom is 0.409 e. The molecule has 2 aromatic heterocycles. The third-order valence-electron chi connectivity index (χ3n) is 4.08. The van der Waals surface area contributed by atoms with Crippen molar-refractivity contribution in [2.24, 2.45) is 0 Å². The number of aromatic nitrogens is 4. The van der Waals surface area contributed by atoms with E-state index in [2.05, 4.69) is 20.6 Å². The number of likely N-dealkylation sites (tertiary alicyclic amines) is 1. The Morgan fingerprint density at radius 3 is 2.68 bits per heavy atom. The standard InChI is InChI=1S/C15H22N6O3S/c1-4-24-15(23)20-7-5-10(6-8-20)16-12(22)13-19-21-11(9(2)3)17-18-14(21)25-13/h9-10H,4-8H2,1-3H3,(H,16,22). The Hall–Kier alpha value is -2.23. The van der Waals surface area contributed by atoms with E-state index in [0.29, 0.717) is 42.5 Å². The molecule has 0 bridgehead atoms. The smallest absolute Gasteiger partial charge is 0.409 e. The number of piperidine rings is 1. The van der Waals surface area contributed by atoms with Gasteiger partial charge in [0.2, 0.25) is 9.97 Å². The largest absolute Gasteiger partial charge is 0.450 e. The first kappa shape index (κ1) is 17.6. The number of amides is 2. The normalized spacial score (nSPS) is 15.8. The second kappa shape index (κ2) is 7.34. The van der Waals surface area contributed by atoms with Crippen molar-refractivity contribution >= 4 is 28.3 Å². The molecule has 9 nitrogen and oxygen atoms in total. The SMILES string of the molecule is CCOC(=O)N1CCC(NC(=O)c2nn3c(C(C)C)nnc3s2)CC1. The average Bonchev–Trinajstić information content (AvgIpc) is 3.15. The lowest BCUT2D eigenvalue weighted by Gasteiger charge is -2.31. The van der Waals surface area contributed by atoms with Crippen molar-refractivity contribution in [3.8, 4) is 0 Å². The fraction of sp³-hybridized carbons (Fsp3) is 0.667. The van der Waals surface area contributed by atoms with E-state index >= 15 is 0 Å². The fourth-order valence-corrected chi connectivity index (χ4v) is 3.50. The van der Waals surface area contributed by atoms with Crippen molar-refractivity contribution in [3.63, 3.8) is 0 Å². The van der Waals surface area contributed by atoms with E-state index in [9.17, 15) is 9.59 Å². The zero-order chi connectivity index (χ0) is 18.0. The Balaban J connectivity index is 1.59. The summed E-state index contributed by atoms with van der Waals surface area (Å²) in [6.45, 7) is 7.32. The third-order valence-corrected chi connectivity index (χ3v) is 4.98. The van der Waals surface area contributed by atoms with E-state index in [4.69, 9.17) is 4.74 Å². The van der Waals surface area contributed by atoms with Crippen molar-refractivity contribution < 1.29 is 14.3 Å². The molecule has 25 heavy (non-hydrogen) atoms. The molecule has 1 N–H and O–H groups in total. The summed E-state index contributed by atoms with van der Waals surface area (Å²) in [5, 5.41) is 15.9. The minimum absolute atomic E-state index is 0.0251. The van der Waals surface area contributed by atoms with Crippen molar-refractivity contribution in [3.05, 3.63) is 10.8 Å². The first-order valence-electron chi connectivity index (χ1n) is 8.44. The van der Waals surface area contributed by atoms with Gasteiger partial charge in [0, 0.05) is 25.0 Å². The minimum Gasteiger partial charge on any atom is -0.450 e.